The molecule has 0 saturated carbocycles. The van der Waals surface area contributed by atoms with Crippen LogP contribution in [0.2, 0.25) is 0 Å². The lowest BCUT2D eigenvalue weighted by Gasteiger charge is -2.24. The minimum atomic E-state index is -0.490. The third kappa shape index (κ3) is 4.95. The highest BCUT2D eigenvalue weighted by Gasteiger charge is 2.25. The lowest BCUT2D eigenvalue weighted by molar-refractivity contribution is -0.123. The first-order chi connectivity index (χ1) is 12.5. The Morgan fingerprint density at radius 3 is 2.22 bits per heavy atom. The predicted octanol–water partition coefficient (Wildman–Crippen LogP) is 5.01. The van der Waals surface area contributed by atoms with Crippen LogP contribution in [-0.4, -0.2) is 10.9 Å². The molecule has 0 unspecified atom stereocenters. The summed E-state index contributed by atoms with van der Waals surface area (Å²) in [4.78, 5) is 17.5. The largest absolute Gasteiger partial charge is 0.326 e. The van der Waals surface area contributed by atoms with Gasteiger partial charge in [0.2, 0.25) is 5.91 Å². The van der Waals surface area contributed by atoms with Crippen LogP contribution in [0, 0.1) is 25.2 Å². The van der Waals surface area contributed by atoms with Gasteiger partial charge in [0.25, 0.3) is 0 Å². The van der Waals surface area contributed by atoms with E-state index in [-0.39, 0.29) is 5.91 Å². The smallest absolute Gasteiger partial charge is 0.229 e. The predicted molar refractivity (Wildman–Crippen MR) is 114 cm³/mol. The maximum atomic E-state index is 12.7. The number of carbonyl (C=O) groups is 1. The van der Waals surface area contributed by atoms with Crippen LogP contribution in [0.1, 0.15) is 57.1 Å². The fourth-order valence-electron chi connectivity index (χ4n) is 3.07. The molecule has 4 nitrogen and oxygen atoms in total. The summed E-state index contributed by atoms with van der Waals surface area (Å²) in [6.45, 7) is 14.5. The highest BCUT2D eigenvalue weighted by molar-refractivity contribution is 5.99. The van der Waals surface area contributed by atoms with Crippen LogP contribution in [0.15, 0.2) is 24.3 Å². The number of nitrogens with two attached hydrogens (primary N) is 1. The maximum absolute atomic E-state index is 12.7. The molecule has 0 aliphatic heterocycles. The highest BCUT2D eigenvalue weighted by Crippen LogP contribution is 2.37. The number of rotatable bonds is 5. The van der Waals surface area contributed by atoms with Gasteiger partial charge in [0.05, 0.1) is 11.4 Å². The monoisotopic (exact) mass is 367 g/mol. The summed E-state index contributed by atoms with van der Waals surface area (Å²) in [6.07, 6.45) is 0.861. The molecule has 1 aromatic carbocycles. The Labute approximate surface area is 163 Å². The van der Waals surface area contributed by atoms with Crippen LogP contribution < -0.4 is 11.1 Å². The second-order valence-electron chi connectivity index (χ2n) is 8.74. The van der Waals surface area contributed by atoms with Crippen LogP contribution in [0.5, 0.6) is 0 Å². The third-order valence-corrected chi connectivity index (χ3v) is 4.63. The summed E-state index contributed by atoms with van der Waals surface area (Å²) in [5.74, 6) is 0.448. The number of aryl methyl sites for hydroxylation is 2. The number of amides is 1. The first kappa shape index (κ1) is 21.1. The zero-order valence-electron chi connectivity index (χ0n) is 17.7. The van der Waals surface area contributed by atoms with E-state index in [1.165, 1.54) is 5.56 Å². The van der Waals surface area contributed by atoms with Crippen molar-refractivity contribution in [2.75, 3.05) is 5.32 Å². The molecule has 0 spiro atoms. The summed E-state index contributed by atoms with van der Waals surface area (Å²) in [6, 6.07) is 8.36. The number of nitrogens with one attached hydrogen (secondary N) is 1. The lowest BCUT2D eigenvalue weighted by Crippen LogP contribution is -2.29. The van der Waals surface area contributed by atoms with Gasteiger partial charge in [0.1, 0.15) is 0 Å². The Hall–Kier alpha value is -2.20. The van der Waals surface area contributed by atoms with Gasteiger partial charge in [0.15, 0.2) is 0 Å². The molecule has 0 radical (unpaired) electrons. The minimum absolute atomic E-state index is 0.0275. The van der Waals surface area contributed by atoms with Gasteiger partial charge in [-0.05, 0) is 37.3 Å². The molecule has 1 heterocycles. The molecule has 27 heavy (non-hydrogen) atoms. The second-order valence-corrected chi connectivity index (χ2v) is 8.74. The van der Waals surface area contributed by atoms with E-state index in [9.17, 15) is 4.79 Å². The first-order valence-electron chi connectivity index (χ1n) is 9.65. The van der Waals surface area contributed by atoms with Crippen molar-refractivity contribution in [2.45, 2.75) is 61.4 Å². The molecule has 0 saturated heterocycles. The molecular formula is C23H33N3O. The Morgan fingerprint density at radius 1 is 1.15 bits per heavy atom. The minimum Gasteiger partial charge on any atom is -0.326 e. The van der Waals surface area contributed by atoms with Crippen LogP contribution in [0.3, 0.4) is 0 Å². The Kier molecular flexibility index (Phi) is 6.42. The zero-order chi connectivity index (χ0) is 20.4. The van der Waals surface area contributed by atoms with Gasteiger partial charge in [-0.3, -0.25) is 9.78 Å². The number of benzene rings is 1. The quantitative estimate of drug-likeness (QED) is 0.781. The van der Waals surface area contributed by atoms with Crippen LogP contribution in [0.25, 0.3) is 11.1 Å². The summed E-state index contributed by atoms with van der Waals surface area (Å²) in [5, 5.41) is 3.13. The molecule has 4 heteroatoms. The molecule has 0 fully saturated rings. The topological polar surface area (TPSA) is 68.0 Å². The standard InChI is InChI=1S/C23H33N3O/c1-14(2)12-19-18(13-24)20(17-10-8-15(3)9-11-17)21(16(4)25-19)26-22(27)23(5,6)7/h8-11,14H,12-13,24H2,1-7H3,(H,26,27). The Bertz CT molecular complexity index is 815. The van der Waals surface area contributed by atoms with Crippen molar-refractivity contribution in [3.05, 3.63) is 46.8 Å². The molecule has 1 amide bonds. The van der Waals surface area contributed by atoms with Crippen molar-refractivity contribution in [2.24, 2.45) is 17.1 Å². The SMILES string of the molecule is Cc1ccc(-c2c(CN)c(CC(C)C)nc(C)c2NC(=O)C(C)(C)C)cc1. The van der Waals surface area contributed by atoms with Gasteiger partial charge in [-0.2, -0.15) is 0 Å². The number of hydrogen-bond acceptors (Lipinski definition) is 3. The molecule has 0 bridgehead atoms. The van der Waals surface area contributed by atoms with Gasteiger partial charge >= 0.3 is 0 Å². The van der Waals surface area contributed by atoms with E-state index in [1.807, 2.05) is 27.7 Å². The second kappa shape index (κ2) is 8.22. The van der Waals surface area contributed by atoms with E-state index in [2.05, 4.69) is 50.4 Å². The number of anilines is 1. The molecule has 3 N–H and O–H groups in total. The van der Waals surface area contributed by atoms with E-state index in [1.54, 1.807) is 0 Å². The lowest BCUT2D eigenvalue weighted by atomic mass is 9.91. The normalized spacial score (nSPS) is 11.7. The van der Waals surface area contributed by atoms with E-state index in [0.717, 1.165) is 40.2 Å². The van der Waals surface area contributed by atoms with E-state index < -0.39 is 5.41 Å². The van der Waals surface area contributed by atoms with Crippen molar-refractivity contribution < 1.29 is 4.79 Å². The fourth-order valence-corrected chi connectivity index (χ4v) is 3.07. The van der Waals surface area contributed by atoms with E-state index in [0.29, 0.717) is 12.5 Å². The molecule has 146 valence electrons. The van der Waals surface area contributed by atoms with Crippen LogP contribution in [0.4, 0.5) is 5.69 Å². The number of aromatic nitrogens is 1. The van der Waals surface area contributed by atoms with Gasteiger partial charge in [-0.25, -0.2) is 0 Å². The average Bonchev–Trinajstić information content (AvgIpc) is 2.56. The number of carbonyl (C=O) groups excluding carboxylic acids is 1. The van der Waals surface area contributed by atoms with Crippen molar-refractivity contribution in [1.29, 1.82) is 0 Å². The molecule has 0 aliphatic rings. The Morgan fingerprint density at radius 2 is 1.74 bits per heavy atom. The summed E-state index contributed by atoms with van der Waals surface area (Å²) < 4.78 is 0. The van der Waals surface area contributed by atoms with Gasteiger partial charge in [-0.1, -0.05) is 64.4 Å². The van der Waals surface area contributed by atoms with Crippen molar-refractivity contribution in [1.82, 2.24) is 4.98 Å². The average molecular weight is 368 g/mol. The fraction of sp³-hybridized carbons (Fsp3) is 0.478. The summed E-state index contributed by atoms with van der Waals surface area (Å²) >= 11 is 0. The number of hydrogen-bond donors (Lipinski definition) is 2. The van der Waals surface area contributed by atoms with Crippen molar-refractivity contribution in [3.63, 3.8) is 0 Å². The molecular weight excluding hydrogens is 334 g/mol. The van der Waals surface area contributed by atoms with E-state index >= 15 is 0 Å². The molecule has 0 aliphatic carbocycles. The molecule has 2 rings (SSSR count). The van der Waals surface area contributed by atoms with Gasteiger partial charge in [-0.15, -0.1) is 0 Å². The third-order valence-electron chi connectivity index (χ3n) is 4.63. The molecule has 0 atom stereocenters. The zero-order valence-corrected chi connectivity index (χ0v) is 17.7. The molecule has 1 aromatic heterocycles. The van der Waals surface area contributed by atoms with Crippen molar-refractivity contribution >= 4 is 11.6 Å². The van der Waals surface area contributed by atoms with Gasteiger partial charge in [0, 0.05) is 23.2 Å². The van der Waals surface area contributed by atoms with Crippen LogP contribution >= 0.6 is 0 Å². The number of pyridine rings is 1. The van der Waals surface area contributed by atoms with Crippen LogP contribution in [-0.2, 0) is 17.8 Å². The number of nitrogens with zero attached hydrogens (tertiary/aromatic N) is 1. The maximum Gasteiger partial charge on any atom is 0.229 e. The van der Waals surface area contributed by atoms with Crippen molar-refractivity contribution in [3.8, 4) is 11.1 Å². The highest BCUT2D eigenvalue weighted by atomic mass is 16.2. The van der Waals surface area contributed by atoms with E-state index in [4.69, 9.17) is 10.7 Å². The Balaban J connectivity index is 2.74. The first-order valence-corrected chi connectivity index (χ1v) is 9.65. The molecule has 2 aromatic rings. The summed E-state index contributed by atoms with van der Waals surface area (Å²) in [5.41, 5.74) is 12.6. The van der Waals surface area contributed by atoms with Gasteiger partial charge < -0.3 is 11.1 Å². The summed E-state index contributed by atoms with van der Waals surface area (Å²) in [7, 11) is 0.